The Balaban J connectivity index is 2.17. The van der Waals surface area contributed by atoms with E-state index in [4.69, 9.17) is 10.5 Å². The molecule has 21 heavy (non-hydrogen) atoms. The number of aryl methyl sites for hydroxylation is 1. The second-order valence-corrected chi connectivity index (χ2v) is 4.73. The van der Waals surface area contributed by atoms with E-state index in [-0.39, 0.29) is 5.97 Å². The summed E-state index contributed by atoms with van der Waals surface area (Å²) in [5.41, 5.74) is 8.55. The predicted molar refractivity (Wildman–Crippen MR) is 83.7 cm³/mol. The molecule has 1 heterocycles. The van der Waals surface area contributed by atoms with Gasteiger partial charge in [0.15, 0.2) is 5.82 Å². The summed E-state index contributed by atoms with van der Waals surface area (Å²) in [6.07, 6.45) is 0.799. The van der Waals surface area contributed by atoms with Crippen LogP contribution in [0.5, 0.6) is 0 Å². The zero-order valence-electron chi connectivity index (χ0n) is 12.2. The van der Waals surface area contributed by atoms with Crippen molar-refractivity contribution in [2.24, 2.45) is 0 Å². The van der Waals surface area contributed by atoms with Crippen molar-refractivity contribution < 1.29 is 9.53 Å². The van der Waals surface area contributed by atoms with Crippen molar-refractivity contribution in [3.05, 3.63) is 47.7 Å². The largest absolute Gasteiger partial charge is 0.462 e. The first-order valence-electron chi connectivity index (χ1n) is 6.87. The third-order valence-corrected chi connectivity index (χ3v) is 2.86. The van der Waals surface area contributed by atoms with Crippen LogP contribution in [0.4, 0.5) is 17.2 Å². The quantitative estimate of drug-likeness (QED) is 0.824. The number of nitrogen functional groups attached to an aromatic ring is 1. The van der Waals surface area contributed by atoms with Crippen molar-refractivity contribution in [1.29, 1.82) is 0 Å². The molecule has 0 aliphatic heterocycles. The van der Waals surface area contributed by atoms with Gasteiger partial charge in [-0.25, -0.2) is 9.78 Å². The van der Waals surface area contributed by atoms with Crippen molar-refractivity contribution in [2.45, 2.75) is 20.3 Å². The first-order valence-corrected chi connectivity index (χ1v) is 6.87. The smallest absolute Gasteiger partial charge is 0.338 e. The molecule has 0 atom stereocenters. The highest BCUT2D eigenvalue weighted by molar-refractivity contribution is 5.90. The number of carbonyl (C=O) groups is 1. The van der Waals surface area contributed by atoms with E-state index in [0.29, 0.717) is 23.7 Å². The summed E-state index contributed by atoms with van der Waals surface area (Å²) >= 11 is 0. The maximum absolute atomic E-state index is 11.8. The molecule has 110 valence electrons. The Morgan fingerprint density at radius 2 is 2.14 bits per heavy atom. The van der Waals surface area contributed by atoms with Gasteiger partial charge in [-0.3, -0.25) is 0 Å². The number of pyridine rings is 1. The SMILES string of the molecule is CCCOC(=O)c1cccc(Nc2nc(C)ccc2N)c1. The number of hydrogen-bond donors (Lipinski definition) is 2. The minimum Gasteiger partial charge on any atom is -0.462 e. The molecule has 2 aromatic rings. The first-order chi connectivity index (χ1) is 10.1. The highest BCUT2D eigenvalue weighted by Gasteiger charge is 2.08. The average molecular weight is 285 g/mol. The van der Waals surface area contributed by atoms with Crippen molar-refractivity contribution in [1.82, 2.24) is 4.98 Å². The van der Waals surface area contributed by atoms with Crippen molar-refractivity contribution in [2.75, 3.05) is 17.7 Å². The van der Waals surface area contributed by atoms with Gasteiger partial charge in [-0.05, 0) is 43.7 Å². The maximum atomic E-state index is 11.8. The number of rotatable bonds is 5. The minimum absolute atomic E-state index is 0.328. The molecule has 0 saturated heterocycles. The minimum atomic E-state index is -0.328. The van der Waals surface area contributed by atoms with Crippen LogP contribution < -0.4 is 11.1 Å². The van der Waals surface area contributed by atoms with Crippen LogP contribution in [0, 0.1) is 6.92 Å². The predicted octanol–water partition coefficient (Wildman–Crippen LogP) is 3.28. The molecule has 0 unspecified atom stereocenters. The van der Waals surface area contributed by atoms with E-state index in [9.17, 15) is 4.79 Å². The van der Waals surface area contributed by atoms with Gasteiger partial charge in [0.1, 0.15) is 0 Å². The fraction of sp³-hybridized carbons (Fsp3) is 0.250. The number of nitrogens with one attached hydrogen (secondary N) is 1. The molecule has 0 spiro atoms. The van der Waals surface area contributed by atoms with Crippen molar-refractivity contribution in [3.63, 3.8) is 0 Å². The number of benzene rings is 1. The maximum Gasteiger partial charge on any atom is 0.338 e. The topological polar surface area (TPSA) is 77.2 Å². The molecule has 5 heteroatoms. The summed E-state index contributed by atoms with van der Waals surface area (Å²) in [7, 11) is 0. The van der Waals surface area contributed by atoms with Crippen LogP contribution >= 0.6 is 0 Å². The number of esters is 1. The number of anilines is 3. The fourth-order valence-electron chi connectivity index (χ4n) is 1.81. The Labute approximate surface area is 124 Å². The van der Waals surface area contributed by atoms with E-state index >= 15 is 0 Å². The summed E-state index contributed by atoms with van der Waals surface area (Å²) < 4.78 is 5.12. The van der Waals surface area contributed by atoms with E-state index < -0.39 is 0 Å². The lowest BCUT2D eigenvalue weighted by Gasteiger charge is -2.10. The second kappa shape index (κ2) is 6.74. The lowest BCUT2D eigenvalue weighted by molar-refractivity contribution is 0.0505. The zero-order valence-corrected chi connectivity index (χ0v) is 12.2. The van der Waals surface area contributed by atoms with Gasteiger partial charge in [-0.1, -0.05) is 13.0 Å². The van der Waals surface area contributed by atoms with Gasteiger partial charge in [0, 0.05) is 11.4 Å². The Hall–Kier alpha value is -2.56. The molecule has 0 aliphatic carbocycles. The summed E-state index contributed by atoms with van der Waals surface area (Å²) in [5, 5.41) is 3.12. The highest BCUT2D eigenvalue weighted by atomic mass is 16.5. The van der Waals surface area contributed by atoms with Crippen LogP contribution in [-0.4, -0.2) is 17.6 Å². The molecular weight excluding hydrogens is 266 g/mol. The second-order valence-electron chi connectivity index (χ2n) is 4.73. The van der Waals surface area contributed by atoms with Gasteiger partial charge in [0.2, 0.25) is 0 Å². The summed E-state index contributed by atoms with van der Waals surface area (Å²) in [6.45, 7) is 4.27. The third kappa shape index (κ3) is 3.95. The number of nitrogens with two attached hydrogens (primary N) is 1. The Morgan fingerprint density at radius 1 is 1.33 bits per heavy atom. The molecule has 0 bridgehead atoms. The van der Waals surface area contributed by atoms with Gasteiger partial charge in [0.25, 0.3) is 0 Å². The van der Waals surface area contributed by atoms with Crippen LogP contribution in [0.3, 0.4) is 0 Å². The number of hydrogen-bond acceptors (Lipinski definition) is 5. The molecule has 1 aromatic heterocycles. The number of ether oxygens (including phenoxy) is 1. The van der Waals surface area contributed by atoms with Crippen LogP contribution in [0.2, 0.25) is 0 Å². The highest BCUT2D eigenvalue weighted by Crippen LogP contribution is 2.22. The molecule has 3 N–H and O–H groups in total. The molecule has 0 saturated carbocycles. The third-order valence-electron chi connectivity index (χ3n) is 2.86. The van der Waals surface area contributed by atoms with E-state index in [0.717, 1.165) is 17.8 Å². The summed E-state index contributed by atoms with van der Waals surface area (Å²) in [6, 6.07) is 10.7. The van der Waals surface area contributed by atoms with Gasteiger partial charge in [-0.15, -0.1) is 0 Å². The fourth-order valence-corrected chi connectivity index (χ4v) is 1.81. The van der Waals surface area contributed by atoms with E-state index in [2.05, 4.69) is 10.3 Å². The van der Waals surface area contributed by atoms with Crippen molar-refractivity contribution in [3.8, 4) is 0 Å². The van der Waals surface area contributed by atoms with Gasteiger partial charge < -0.3 is 15.8 Å². The summed E-state index contributed by atoms with van der Waals surface area (Å²) in [5.74, 6) is 0.250. The average Bonchev–Trinajstić information content (AvgIpc) is 2.49. The molecule has 0 fully saturated rings. The molecule has 0 aliphatic rings. The Bertz CT molecular complexity index is 641. The zero-order chi connectivity index (χ0) is 15.2. The molecular formula is C16H19N3O2. The summed E-state index contributed by atoms with van der Waals surface area (Å²) in [4.78, 5) is 16.2. The van der Waals surface area contributed by atoms with Crippen LogP contribution in [0.1, 0.15) is 29.4 Å². The molecule has 2 rings (SSSR count). The van der Waals surface area contributed by atoms with Crippen LogP contribution in [-0.2, 0) is 4.74 Å². The Morgan fingerprint density at radius 3 is 2.90 bits per heavy atom. The molecule has 1 aromatic carbocycles. The first kappa shape index (κ1) is 14.8. The van der Waals surface area contributed by atoms with Gasteiger partial charge >= 0.3 is 5.97 Å². The number of aromatic nitrogens is 1. The number of nitrogens with zero attached hydrogens (tertiary/aromatic N) is 1. The normalized spacial score (nSPS) is 10.2. The molecule has 0 radical (unpaired) electrons. The van der Waals surface area contributed by atoms with E-state index in [1.807, 2.05) is 26.0 Å². The van der Waals surface area contributed by atoms with Crippen LogP contribution in [0.25, 0.3) is 0 Å². The van der Waals surface area contributed by atoms with E-state index in [1.165, 1.54) is 0 Å². The molecule has 0 amide bonds. The lowest BCUT2D eigenvalue weighted by Crippen LogP contribution is -2.06. The van der Waals surface area contributed by atoms with Gasteiger partial charge in [0.05, 0.1) is 17.9 Å². The van der Waals surface area contributed by atoms with Crippen LogP contribution in [0.15, 0.2) is 36.4 Å². The standard InChI is InChI=1S/C16H19N3O2/c1-3-9-21-16(20)12-5-4-6-13(10-12)19-15-14(17)8-7-11(2)18-15/h4-8,10H,3,9,17H2,1-2H3,(H,18,19). The monoisotopic (exact) mass is 285 g/mol. The lowest BCUT2D eigenvalue weighted by atomic mass is 10.2. The molecule has 5 nitrogen and oxygen atoms in total. The van der Waals surface area contributed by atoms with Crippen molar-refractivity contribution >= 4 is 23.2 Å². The van der Waals surface area contributed by atoms with Gasteiger partial charge in [-0.2, -0.15) is 0 Å². The van der Waals surface area contributed by atoms with E-state index in [1.54, 1.807) is 24.3 Å². The Kier molecular flexibility index (Phi) is 4.77. The number of carbonyl (C=O) groups excluding carboxylic acids is 1.